The van der Waals surface area contributed by atoms with E-state index in [0.29, 0.717) is 5.56 Å². The minimum Gasteiger partial charge on any atom is -0.497 e. The summed E-state index contributed by atoms with van der Waals surface area (Å²) >= 11 is 0. The molecule has 0 aliphatic carbocycles. The van der Waals surface area contributed by atoms with Crippen molar-refractivity contribution >= 4 is 11.4 Å². The molecule has 0 saturated carbocycles. The molecule has 0 aliphatic rings. The number of ketones is 1. The zero-order valence-corrected chi connectivity index (χ0v) is 15.0. The van der Waals surface area contributed by atoms with Gasteiger partial charge in [-0.2, -0.15) is 0 Å². The lowest BCUT2D eigenvalue weighted by Gasteiger charge is -2.01. The molecule has 4 nitrogen and oxygen atoms in total. The third-order valence-electron chi connectivity index (χ3n) is 4.15. The summed E-state index contributed by atoms with van der Waals surface area (Å²) < 4.78 is 15.9. The van der Waals surface area contributed by atoms with Crippen molar-refractivity contribution in [2.24, 2.45) is 0 Å². The van der Waals surface area contributed by atoms with Gasteiger partial charge >= 0.3 is 0 Å². The van der Waals surface area contributed by atoms with Gasteiger partial charge in [0.15, 0.2) is 5.78 Å². The SMILES string of the molecule is COc1ccc(C(=O)/C=C(\C)c2coc(-c3ccc(OC)cc3)c2)cc1. The maximum Gasteiger partial charge on any atom is 0.186 e. The maximum atomic E-state index is 12.4. The highest BCUT2D eigenvalue weighted by molar-refractivity contribution is 6.08. The number of rotatable bonds is 6. The molecular weight excluding hydrogens is 328 g/mol. The molecule has 1 heterocycles. The zero-order chi connectivity index (χ0) is 18.5. The minimum atomic E-state index is -0.0580. The van der Waals surface area contributed by atoms with Crippen LogP contribution in [0.5, 0.6) is 11.5 Å². The van der Waals surface area contributed by atoms with Crippen molar-refractivity contribution in [3.05, 3.63) is 78.1 Å². The standard InChI is InChI=1S/C22H20O4/c1-15(12-21(23)16-4-8-19(24-2)9-5-16)18-13-22(26-14-18)17-6-10-20(25-3)11-7-17/h4-14H,1-3H3/b15-12+. The quantitative estimate of drug-likeness (QED) is 0.451. The molecule has 132 valence electrons. The molecule has 0 amide bonds. The van der Waals surface area contributed by atoms with Crippen molar-refractivity contribution in [2.75, 3.05) is 14.2 Å². The van der Waals surface area contributed by atoms with E-state index < -0.39 is 0 Å². The number of hydrogen-bond donors (Lipinski definition) is 0. The van der Waals surface area contributed by atoms with Crippen LogP contribution in [0.4, 0.5) is 0 Å². The van der Waals surface area contributed by atoms with E-state index in [2.05, 4.69) is 0 Å². The van der Waals surface area contributed by atoms with Crippen LogP contribution in [0.1, 0.15) is 22.8 Å². The molecule has 0 bridgehead atoms. The van der Waals surface area contributed by atoms with Gasteiger partial charge in [0.1, 0.15) is 17.3 Å². The summed E-state index contributed by atoms with van der Waals surface area (Å²) in [5.41, 5.74) is 3.28. The number of methoxy groups -OCH3 is 2. The Kier molecular flexibility index (Phi) is 5.23. The molecule has 0 aliphatic heterocycles. The summed E-state index contributed by atoms with van der Waals surface area (Å²) in [5.74, 6) is 2.20. The highest BCUT2D eigenvalue weighted by Crippen LogP contribution is 2.27. The largest absolute Gasteiger partial charge is 0.497 e. The summed E-state index contributed by atoms with van der Waals surface area (Å²) in [7, 11) is 3.23. The molecule has 4 heteroatoms. The lowest BCUT2D eigenvalue weighted by atomic mass is 10.0. The fourth-order valence-electron chi connectivity index (χ4n) is 2.57. The first-order chi connectivity index (χ1) is 12.6. The molecule has 2 aromatic carbocycles. The molecule has 0 radical (unpaired) electrons. The average Bonchev–Trinajstić information content (AvgIpc) is 3.18. The highest BCUT2D eigenvalue weighted by atomic mass is 16.5. The van der Waals surface area contributed by atoms with Gasteiger partial charge in [-0.15, -0.1) is 0 Å². The Morgan fingerprint density at radius 1 is 0.885 bits per heavy atom. The summed E-state index contributed by atoms with van der Waals surface area (Å²) in [6, 6.07) is 16.6. The Labute approximate surface area is 152 Å². The number of ether oxygens (including phenoxy) is 2. The van der Waals surface area contributed by atoms with Gasteiger partial charge in [-0.3, -0.25) is 4.79 Å². The van der Waals surface area contributed by atoms with E-state index in [1.165, 1.54) is 0 Å². The van der Waals surface area contributed by atoms with Gasteiger partial charge in [-0.05, 0) is 73.2 Å². The van der Waals surface area contributed by atoms with E-state index in [9.17, 15) is 4.79 Å². The second kappa shape index (κ2) is 7.74. The van der Waals surface area contributed by atoms with Crippen LogP contribution in [0.15, 0.2) is 71.4 Å². The van der Waals surface area contributed by atoms with Crippen LogP contribution < -0.4 is 9.47 Å². The molecule has 0 N–H and O–H groups in total. The summed E-state index contributed by atoms with van der Waals surface area (Å²) in [6.45, 7) is 1.89. The van der Waals surface area contributed by atoms with E-state index in [-0.39, 0.29) is 5.78 Å². The van der Waals surface area contributed by atoms with Crippen molar-refractivity contribution in [1.29, 1.82) is 0 Å². The smallest absolute Gasteiger partial charge is 0.186 e. The van der Waals surface area contributed by atoms with Crippen LogP contribution in [0.25, 0.3) is 16.9 Å². The molecule has 1 aromatic heterocycles. The van der Waals surface area contributed by atoms with Gasteiger partial charge in [0, 0.05) is 16.7 Å². The highest BCUT2D eigenvalue weighted by Gasteiger charge is 2.09. The summed E-state index contributed by atoms with van der Waals surface area (Å²) in [5, 5.41) is 0. The van der Waals surface area contributed by atoms with Gasteiger partial charge in [0.25, 0.3) is 0 Å². The monoisotopic (exact) mass is 348 g/mol. The summed E-state index contributed by atoms with van der Waals surface area (Å²) in [4.78, 5) is 12.4. The van der Waals surface area contributed by atoms with Crippen LogP contribution in [0.2, 0.25) is 0 Å². The maximum absolute atomic E-state index is 12.4. The Bertz CT molecular complexity index is 916. The Balaban J connectivity index is 1.78. The predicted molar refractivity (Wildman–Crippen MR) is 102 cm³/mol. The van der Waals surface area contributed by atoms with Gasteiger partial charge < -0.3 is 13.9 Å². The fraction of sp³-hybridized carbons (Fsp3) is 0.136. The van der Waals surface area contributed by atoms with Gasteiger partial charge in [-0.1, -0.05) is 0 Å². The number of carbonyl (C=O) groups is 1. The van der Waals surface area contributed by atoms with Crippen molar-refractivity contribution in [1.82, 2.24) is 0 Å². The Morgan fingerprint density at radius 2 is 1.46 bits per heavy atom. The number of allylic oxidation sites excluding steroid dienone is 2. The first-order valence-electron chi connectivity index (χ1n) is 8.20. The second-order valence-corrected chi connectivity index (χ2v) is 5.85. The van der Waals surface area contributed by atoms with E-state index in [4.69, 9.17) is 13.9 Å². The van der Waals surface area contributed by atoms with E-state index in [0.717, 1.165) is 34.0 Å². The van der Waals surface area contributed by atoms with Gasteiger partial charge in [-0.25, -0.2) is 0 Å². The van der Waals surface area contributed by atoms with E-state index in [1.807, 2.05) is 37.3 Å². The lowest BCUT2D eigenvalue weighted by molar-refractivity contribution is 0.104. The molecule has 0 spiro atoms. The zero-order valence-electron chi connectivity index (χ0n) is 15.0. The van der Waals surface area contributed by atoms with E-state index >= 15 is 0 Å². The van der Waals surface area contributed by atoms with Crippen LogP contribution >= 0.6 is 0 Å². The van der Waals surface area contributed by atoms with Crippen molar-refractivity contribution < 1.29 is 18.7 Å². The third-order valence-corrected chi connectivity index (χ3v) is 4.15. The first-order valence-corrected chi connectivity index (χ1v) is 8.20. The van der Waals surface area contributed by atoms with Crippen LogP contribution in [0.3, 0.4) is 0 Å². The third kappa shape index (κ3) is 3.86. The fourth-order valence-corrected chi connectivity index (χ4v) is 2.57. The van der Waals surface area contributed by atoms with Gasteiger partial charge in [0.05, 0.1) is 20.5 Å². The topological polar surface area (TPSA) is 48.7 Å². The lowest BCUT2D eigenvalue weighted by Crippen LogP contribution is -1.95. The van der Waals surface area contributed by atoms with Crippen LogP contribution in [-0.2, 0) is 0 Å². The van der Waals surface area contributed by atoms with Crippen LogP contribution in [0, 0.1) is 0 Å². The molecule has 3 rings (SSSR count). The van der Waals surface area contributed by atoms with E-state index in [1.54, 1.807) is 50.8 Å². The second-order valence-electron chi connectivity index (χ2n) is 5.85. The van der Waals surface area contributed by atoms with Crippen molar-refractivity contribution in [3.63, 3.8) is 0 Å². The Hall–Kier alpha value is -3.27. The number of carbonyl (C=O) groups excluding carboxylic acids is 1. The molecule has 0 atom stereocenters. The number of benzene rings is 2. The van der Waals surface area contributed by atoms with Crippen molar-refractivity contribution in [3.8, 4) is 22.8 Å². The van der Waals surface area contributed by atoms with Crippen molar-refractivity contribution in [2.45, 2.75) is 6.92 Å². The predicted octanol–water partition coefficient (Wildman–Crippen LogP) is 5.25. The molecule has 0 unspecified atom stereocenters. The molecule has 3 aromatic rings. The molecular formula is C22H20O4. The Morgan fingerprint density at radius 3 is 2.04 bits per heavy atom. The molecule has 0 saturated heterocycles. The summed E-state index contributed by atoms with van der Waals surface area (Å²) in [6.07, 6.45) is 3.27. The minimum absolute atomic E-state index is 0.0580. The average molecular weight is 348 g/mol. The first kappa shape index (κ1) is 17.5. The number of furan rings is 1. The molecule has 0 fully saturated rings. The molecule has 26 heavy (non-hydrogen) atoms. The van der Waals surface area contributed by atoms with Gasteiger partial charge in [0.2, 0.25) is 0 Å². The number of hydrogen-bond acceptors (Lipinski definition) is 4. The normalized spacial score (nSPS) is 11.3. The van der Waals surface area contributed by atoms with Crippen LogP contribution in [-0.4, -0.2) is 20.0 Å².